The second-order valence-corrected chi connectivity index (χ2v) is 8.62. The number of hydrogen-bond donors (Lipinski definition) is 1. The van der Waals surface area contributed by atoms with Gasteiger partial charge in [0.15, 0.2) is 5.96 Å². The lowest BCUT2D eigenvalue weighted by Crippen LogP contribution is -2.55. The zero-order chi connectivity index (χ0) is 20.7. The summed E-state index contributed by atoms with van der Waals surface area (Å²) in [7, 11) is 1.87. The van der Waals surface area contributed by atoms with Gasteiger partial charge in [-0.1, -0.05) is 24.3 Å². The molecule has 2 aromatic rings. The topological polar surface area (TPSA) is 65.8 Å². The number of aryl methyl sites for hydroxylation is 2. The molecule has 2 heterocycles. The first-order valence-electron chi connectivity index (χ1n) is 11.1. The molecule has 3 aliphatic rings. The molecule has 1 saturated heterocycles. The number of rotatable bonds is 4. The summed E-state index contributed by atoms with van der Waals surface area (Å²) in [5, 5.41) is 7.59. The molecule has 1 aliphatic heterocycles. The summed E-state index contributed by atoms with van der Waals surface area (Å²) in [4.78, 5) is 21.7. The molecule has 0 spiro atoms. The van der Waals surface area contributed by atoms with Gasteiger partial charge in [-0.2, -0.15) is 5.10 Å². The van der Waals surface area contributed by atoms with Gasteiger partial charge in [0, 0.05) is 39.4 Å². The van der Waals surface area contributed by atoms with E-state index in [0.29, 0.717) is 24.9 Å². The lowest BCUT2D eigenvalue weighted by Gasteiger charge is -2.35. The average molecular weight is 407 g/mol. The molecule has 5 rings (SSSR count). The molecular formula is C23H30N6O. The molecule has 30 heavy (non-hydrogen) atoms. The SMILES string of the molecule is CCNC(=NCC1C2CCc3ccccc3C21)N1CCN(c2cnn(C)c2)C(=O)C1. The fraction of sp³-hybridized carbons (Fsp3) is 0.522. The van der Waals surface area contributed by atoms with Crippen molar-refractivity contribution < 1.29 is 4.79 Å². The molecule has 1 N–H and O–H groups in total. The number of carbonyl (C=O) groups is 1. The number of nitrogens with one attached hydrogen (secondary N) is 1. The van der Waals surface area contributed by atoms with E-state index in [1.165, 1.54) is 18.4 Å². The van der Waals surface area contributed by atoms with Crippen molar-refractivity contribution >= 4 is 17.6 Å². The molecule has 3 atom stereocenters. The van der Waals surface area contributed by atoms with Crippen LogP contribution in [0.1, 0.15) is 30.4 Å². The van der Waals surface area contributed by atoms with Crippen molar-refractivity contribution in [1.82, 2.24) is 20.0 Å². The van der Waals surface area contributed by atoms with Crippen LogP contribution in [0.4, 0.5) is 5.69 Å². The van der Waals surface area contributed by atoms with Crippen LogP contribution in [-0.4, -0.2) is 59.3 Å². The number of carbonyl (C=O) groups excluding carboxylic acids is 1. The largest absolute Gasteiger partial charge is 0.357 e. The van der Waals surface area contributed by atoms with Crippen molar-refractivity contribution in [3.05, 3.63) is 47.8 Å². The standard InChI is InChI=1S/C23H30N6O/c1-3-24-23(28-10-11-29(21(30)15-28)17-12-26-27(2)14-17)25-13-20-19-9-8-16-6-4-5-7-18(16)22(19)20/h4-7,12,14,19-20,22H,3,8-11,13,15H2,1-2H3,(H,24,25). The zero-order valence-electron chi connectivity index (χ0n) is 17.8. The number of hydrogen-bond acceptors (Lipinski definition) is 3. The lowest BCUT2D eigenvalue weighted by molar-refractivity contribution is -0.120. The minimum Gasteiger partial charge on any atom is -0.357 e. The highest BCUT2D eigenvalue weighted by Gasteiger charge is 2.52. The Hall–Kier alpha value is -2.83. The van der Waals surface area contributed by atoms with E-state index in [2.05, 4.69) is 46.5 Å². The number of anilines is 1. The van der Waals surface area contributed by atoms with Gasteiger partial charge >= 0.3 is 0 Å². The summed E-state index contributed by atoms with van der Waals surface area (Å²) in [5.74, 6) is 3.04. The molecular weight excluding hydrogens is 376 g/mol. The first kappa shape index (κ1) is 19.2. The molecule has 7 nitrogen and oxygen atoms in total. The number of nitrogens with zero attached hydrogens (tertiary/aromatic N) is 5. The monoisotopic (exact) mass is 406 g/mol. The predicted molar refractivity (Wildman–Crippen MR) is 118 cm³/mol. The third-order valence-corrected chi connectivity index (χ3v) is 6.80. The van der Waals surface area contributed by atoms with Gasteiger partial charge in [0.2, 0.25) is 5.91 Å². The summed E-state index contributed by atoms with van der Waals surface area (Å²) in [6, 6.07) is 8.90. The third-order valence-electron chi connectivity index (χ3n) is 6.80. The number of aliphatic imine (C=N–C) groups is 1. The lowest BCUT2D eigenvalue weighted by atomic mass is 9.92. The number of amides is 1. The fourth-order valence-corrected chi connectivity index (χ4v) is 5.25. The Balaban J connectivity index is 1.25. The summed E-state index contributed by atoms with van der Waals surface area (Å²) in [5.41, 5.74) is 3.93. The molecule has 7 heteroatoms. The van der Waals surface area contributed by atoms with Gasteiger partial charge in [0.1, 0.15) is 6.54 Å². The Morgan fingerprint density at radius 1 is 1.30 bits per heavy atom. The van der Waals surface area contributed by atoms with E-state index in [4.69, 9.17) is 4.99 Å². The van der Waals surface area contributed by atoms with E-state index in [1.807, 2.05) is 18.1 Å². The Kier molecular flexibility index (Phi) is 4.97. The van der Waals surface area contributed by atoms with Gasteiger partial charge in [-0.15, -0.1) is 0 Å². The van der Waals surface area contributed by atoms with Crippen LogP contribution in [0.5, 0.6) is 0 Å². The van der Waals surface area contributed by atoms with Crippen LogP contribution in [0.3, 0.4) is 0 Å². The van der Waals surface area contributed by atoms with Gasteiger partial charge in [-0.25, -0.2) is 0 Å². The molecule has 1 aromatic heterocycles. The Morgan fingerprint density at radius 2 is 2.17 bits per heavy atom. The number of guanidine groups is 1. The molecule has 2 fully saturated rings. The third kappa shape index (κ3) is 3.46. The number of aromatic nitrogens is 2. The van der Waals surface area contributed by atoms with Crippen molar-refractivity contribution in [3.63, 3.8) is 0 Å². The van der Waals surface area contributed by atoms with Crippen molar-refractivity contribution in [1.29, 1.82) is 0 Å². The van der Waals surface area contributed by atoms with Gasteiger partial charge < -0.3 is 15.1 Å². The smallest absolute Gasteiger partial charge is 0.246 e. The minimum absolute atomic E-state index is 0.0915. The quantitative estimate of drug-likeness (QED) is 0.623. The number of fused-ring (bicyclic) bond motifs is 3. The first-order chi connectivity index (χ1) is 14.7. The molecule has 3 unspecified atom stereocenters. The van der Waals surface area contributed by atoms with Gasteiger partial charge in [-0.05, 0) is 48.6 Å². The van der Waals surface area contributed by atoms with E-state index >= 15 is 0 Å². The number of benzene rings is 1. The van der Waals surface area contributed by atoms with Crippen LogP contribution in [0.15, 0.2) is 41.7 Å². The van der Waals surface area contributed by atoms with Crippen molar-refractivity contribution in [2.45, 2.75) is 25.7 Å². The van der Waals surface area contributed by atoms with Gasteiger partial charge in [-0.3, -0.25) is 14.5 Å². The molecule has 158 valence electrons. The Morgan fingerprint density at radius 3 is 2.93 bits per heavy atom. The second kappa shape index (κ2) is 7.78. The second-order valence-electron chi connectivity index (χ2n) is 8.62. The van der Waals surface area contributed by atoms with Crippen molar-refractivity contribution in [2.75, 3.05) is 37.6 Å². The van der Waals surface area contributed by atoms with Crippen LogP contribution in [-0.2, 0) is 18.3 Å². The minimum atomic E-state index is 0.0915. The van der Waals surface area contributed by atoms with Gasteiger partial charge in [0.05, 0.1) is 11.9 Å². The maximum absolute atomic E-state index is 12.8. The zero-order valence-corrected chi connectivity index (χ0v) is 17.8. The maximum Gasteiger partial charge on any atom is 0.246 e. The summed E-state index contributed by atoms with van der Waals surface area (Å²) >= 11 is 0. The first-order valence-corrected chi connectivity index (χ1v) is 11.1. The summed E-state index contributed by atoms with van der Waals surface area (Å²) in [6.07, 6.45) is 6.11. The van der Waals surface area contributed by atoms with E-state index < -0.39 is 0 Å². The summed E-state index contributed by atoms with van der Waals surface area (Å²) < 4.78 is 1.73. The highest BCUT2D eigenvalue weighted by molar-refractivity contribution is 5.98. The maximum atomic E-state index is 12.8. The summed E-state index contributed by atoms with van der Waals surface area (Å²) in [6.45, 7) is 5.49. The van der Waals surface area contributed by atoms with Crippen LogP contribution < -0.4 is 10.2 Å². The average Bonchev–Trinajstić information content (AvgIpc) is 3.31. The highest BCUT2D eigenvalue weighted by Crippen LogP contribution is 2.59. The fourth-order valence-electron chi connectivity index (χ4n) is 5.25. The van der Waals surface area contributed by atoms with Crippen LogP contribution in [0, 0.1) is 11.8 Å². The van der Waals surface area contributed by atoms with Crippen molar-refractivity contribution in [3.8, 4) is 0 Å². The van der Waals surface area contributed by atoms with Crippen LogP contribution >= 0.6 is 0 Å². The van der Waals surface area contributed by atoms with E-state index in [1.54, 1.807) is 16.4 Å². The van der Waals surface area contributed by atoms with E-state index in [-0.39, 0.29) is 5.91 Å². The Labute approximate surface area is 177 Å². The van der Waals surface area contributed by atoms with Gasteiger partial charge in [0.25, 0.3) is 0 Å². The molecule has 0 bridgehead atoms. The normalized spacial score (nSPS) is 25.7. The van der Waals surface area contributed by atoms with E-state index in [9.17, 15) is 4.79 Å². The predicted octanol–water partition coefficient (Wildman–Crippen LogP) is 2.01. The highest BCUT2D eigenvalue weighted by atomic mass is 16.2. The van der Waals surface area contributed by atoms with Crippen molar-refractivity contribution in [2.24, 2.45) is 23.9 Å². The molecule has 1 amide bonds. The molecule has 2 aliphatic carbocycles. The Bertz CT molecular complexity index is 966. The van der Waals surface area contributed by atoms with Crippen LogP contribution in [0.25, 0.3) is 0 Å². The van der Waals surface area contributed by atoms with E-state index in [0.717, 1.165) is 37.2 Å². The number of piperazine rings is 1. The molecule has 0 radical (unpaired) electrons. The molecule has 1 saturated carbocycles. The van der Waals surface area contributed by atoms with Crippen LogP contribution in [0.2, 0.25) is 0 Å². The molecule has 1 aromatic carbocycles.